The molecule has 8 heteroatoms. The first-order valence-corrected chi connectivity index (χ1v) is 12.1. The number of nitrogens with zero attached hydrogens (tertiary/aromatic N) is 1. The average Bonchev–Trinajstić information content (AvgIpc) is 2.87. The van der Waals surface area contributed by atoms with E-state index in [9.17, 15) is 14.4 Å². The molecule has 0 bridgehead atoms. The Hall–Kier alpha value is -3.55. The third-order valence-electron chi connectivity index (χ3n) is 5.92. The minimum absolute atomic E-state index is 0.158. The predicted octanol–water partition coefficient (Wildman–Crippen LogP) is 4.36. The van der Waals surface area contributed by atoms with Gasteiger partial charge in [-0.25, -0.2) is 4.79 Å². The average molecular weight is 483 g/mol. The van der Waals surface area contributed by atoms with Gasteiger partial charge in [-0.3, -0.25) is 9.59 Å². The number of carbonyl (C=O) groups excluding carboxylic acids is 3. The zero-order valence-corrected chi connectivity index (χ0v) is 20.5. The van der Waals surface area contributed by atoms with Crippen molar-refractivity contribution in [2.45, 2.75) is 39.5 Å². The maximum atomic E-state index is 12.5. The second-order valence-corrected chi connectivity index (χ2v) is 8.61. The van der Waals surface area contributed by atoms with Crippen LogP contribution in [0.2, 0.25) is 0 Å². The van der Waals surface area contributed by atoms with Crippen molar-refractivity contribution < 1.29 is 28.6 Å². The first-order valence-electron chi connectivity index (χ1n) is 12.1. The lowest BCUT2D eigenvalue weighted by molar-refractivity contribution is -0.132. The number of carbonyl (C=O) groups is 3. The topological polar surface area (TPSA) is 94.2 Å². The number of ether oxygens (including phenoxy) is 3. The maximum absolute atomic E-state index is 12.5. The highest BCUT2D eigenvalue weighted by atomic mass is 16.7. The van der Waals surface area contributed by atoms with E-state index in [1.165, 1.54) is 5.56 Å². The molecule has 0 aliphatic carbocycles. The molecule has 1 aliphatic heterocycles. The number of likely N-dealkylation sites (tertiary alicyclic amines) is 1. The number of piperidine rings is 1. The van der Waals surface area contributed by atoms with Crippen LogP contribution >= 0.6 is 0 Å². The summed E-state index contributed by atoms with van der Waals surface area (Å²) in [5.41, 5.74) is 1.67. The Labute approximate surface area is 206 Å². The maximum Gasteiger partial charge on any atom is 0.513 e. The van der Waals surface area contributed by atoms with Crippen LogP contribution in [0.1, 0.15) is 48.5 Å². The van der Waals surface area contributed by atoms with Crippen molar-refractivity contribution in [3.8, 4) is 11.5 Å². The van der Waals surface area contributed by atoms with Gasteiger partial charge in [0.15, 0.2) is 0 Å². The smallest absolute Gasteiger partial charge is 0.494 e. The third kappa shape index (κ3) is 8.63. The summed E-state index contributed by atoms with van der Waals surface area (Å²) in [7, 11) is 0. The Morgan fingerprint density at radius 2 is 1.63 bits per heavy atom. The predicted molar refractivity (Wildman–Crippen MR) is 132 cm³/mol. The van der Waals surface area contributed by atoms with Gasteiger partial charge < -0.3 is 24.4 Å². The lowest BCUT2D eigenvalue weighted by Gasteiger charge is -2.32. The Balaban J connectivity index is 1.31. The van der Waals surface area contributed by atoms with Crippen LogP contribution in [0.5, 0.6) is 11.5 Å². The number of hydrogen-bond acceptors (Lipinski definition) is 6. The molecule has 1 N–H and O–H groups in total. The van der Waals surface area contributed by atoms with E-state index in [1.54, 1.807) is 31.2 Å². The third-order valence-corrected chi connectivity index (χ3v) is 5.92. The van der Waals surface area contributed by atoms with Crippen LogP contribution in [0, 0.1) is 12.8 Å². The standard InChI is InChI=1S/C27H34N2O6/c1-3-33-27(32)35-24-12-8-22(9-13-24)26(31)28-19-21-14-16-29(17-15-21)25(30)5-4-18-34-23-10-6-20(2)7-11-23/h6-13,21H,3-5,14-19H2,1-2H3,(H,28,31). The quantitative estimate of drug-likeness (QED) is 0.307. The van der Waals surface area contributed by atoms with Crippen LogP contribution in [0.25, 0.3) is 0 Å². The van der Waals surface area contributed by atoms with Gasteiger partial charge in [0.2, 0.25) is 5.91 Å². The zero-order chi connectivity index (χ0) is 25.0. The molecule has 35 heavy (non-hydrogen) atoms. The molecule has 2 aromatic rings. The van der Waals surface area contributed by atoms with Gasteiger partial charge in [-0.15, -0.1) is 0 Å². The van der Waals surface area contributed by atoms with E-state index >= 15 is 0 Å². The molecule has 2 amide bonds. The number of nitrogens with one attached hydrogen (secondary N) is 1. The van der Waals surface area contributed by atoms with E-state index in [-0.39, 0.29) is 18.4 Å². The molecule has 188 valence electrons. The van der Waals surface area contributed by atoms with E-state index in [1.807, 2.05) is 36.1 Å². The molecule has 2 aromatic carbocycles. The summed E-state index contributed by atoms with van der Waals surface area (Å²) < 4.78 is 15.4. The van der Waals surface area contributed by atoms with Gasteiger partial charge in [-0.1, -0.05) is 17.7 Å². The number of hydrogen-bond donors (Lipinski definition) is 1. The molecule has 1 aliphatic rings. The van der Waals surface area contributed by atoms with Crippen LogP contribution in [-0.2, 0) is 9.53 Å². The molecule has 3 rings (SSSR count). The van der Waals surface area contributed by atoms with E-state index < -0.39 is 6.16 Å². The van der Waals surface area contributed by atoms with Gasteiger partial charge in [0.1, 0.15) is 11.5 Å². The molecule has 0 spiro atoms. The number of rotatable bonds is 10. The van der Waals surface area contributed by atoms with Crippen molar-refractivity contribution in [3.05, 3.63) is 59.7 Å². The largest absolute Gasteiger partial charge is 0.513 e. The molecule has 1 heterocycles. The summed E-state index contributed by atoms with van der Waals surface area (Å²) in [5.74, 6) is 1.45. The van der Waals surface area contributed by atoms with Gasteiger partial charge in [0, 0.05) is 31.6 Å². The fraction of sp³-hybridized carbons (Fsp3) is 0.444. The van der Waals surface area contributed by atoms with Crippen LogP contribution in [0.3, 0.4) is 0 Å². The monoisotopic (exact) mass is 482 g/mol. The summed E-state index contributed by atoms with van der Waals surface area (Å²) >= 11 is 0. The first-order chi connectivity index (χ1) is 16.9. The summed E-state index contributed by atoms with van der Waals surface area (Å²) in [4.78, 5) is 38.2. The molecule has 8 nitrogen and oxygen atoms in total. The Kier molecular flexibility index (Phi) is 9.95. The summed E-state index contributed by atoms with van der Waals surface area (Å²) in [6.45, 7) is 6.46. The van der Waals surface area contributed by atoms with Gasteiger partial charge in [0.05, 0.1) is 13.2 Å². The van der Waals surface area contributed by atoms with Crippen molar-refractivity contribution in [1.29, 1.82) is 0 Å². The minimum atomic E-state index is -0.773. The first kappa shape index (κ1) is 26.1. The SMILES string of the molecule is CCOC(=O)Oc1ccc(C(=O)NCC2CCN(C(=O)CCCOc3ccc(C)cc3)CC2)cc1. The highest BCUT2D eigenvalue weighted by molar-refractivity contribution is 5.94. The van der Waals surface area contributed by atoms with E-state index in [0.717, 1.165) is 18.6 Å². The van der Waals surface area contributed by atoms with Crippen LogP contribution in [0.15, 0.2) is 48.5 Å². The number of benzene rings is 2. The Morgan fingerprint density at radius 1 is 0.971 bits per heavy atom. The van der Waals surface area contributed by atoms with Crippen molar-refractivity contribution in [2.24, 2.45) is 5.92 Å². The Morgan fingerprint density at radius 3 is 2.29 bits per heavy atom. The van der Waals surface area contributed by atoms with E-state index in [2.05, 4.69) is 5.32 Å². The van der Waals surface area contributed by atoms with Crippen LogP contribution in [0.4, 0.5) is 4.79 Å². The normalized spacial score (nSPS) is 13.7. The summed E-state index contributed by atoms with van der Waals surface area (Å²) in [5, 5.41) is 2.96. The number of amides is 2. The molecule has 0 aromatic heterocycles. The molecule has 1 fully saturated rings. The summed E-state index contributed by atoms with van der Waals surface area (Å²) in [6.07, 6.45) is 2.11. The van der Waals surface area contributed by atoms with Gasteiger partial charge in [-0.05, 0) is 75.4 Å². The minimum Gasteiger partial charge on any atom is -0.494 e. The lowest BCUT2D eigenvalue weighted by atomic mass is 9.96. The molecule has 0 saturated carbocycles. The van der Waals surface area contributed by atoms with Gasteiger partial charge in [0.25, 0.3) is 5.91 Å². The van der Waals surface area contributed by atoms with Crippen LogP contribution in [-0.4, -0.2) is 55.7 Å². The van der Waals surface area contributed by atoms with Gasteiger partial charge in [-0.2, -0.15) is 0 Å². The molecule has 0 radical (unpaired) electrons. The van der Waals surface area contributed by atoms with Gasteiger partial charge >= 0.3 is 6.16 Å². The van der Waals surface area contributed by atoms with E-state index in [4.69, 9.17) is 14.2 Å². The fourth-order valence-electron chi connectivity index (χ4n) is 3.85. The molecule has 0 atom stereocenters. The highest BCUT2D eigenvalue weighted by Crippen LogP contribution is 2.19. The molecular weight excluding hydrogens is 448 g/mol. The Bertz CT molecular complexity index is 966. The van der Waals surface area contributed by atoms with Crippen molar-refractivity contribution >= 4 is 18.0 Å². The van der Waals surface area contributed by atoms with Crippen LogP contribution < -0.4 is 14.8 Å². The molecule has 1 saturated heterocycles. The summed E-state index contributed by atoms with van der Waals surface area (Å²) in [6, 6.07) is 14.2. The van der Waals surface area contributed by atoms with E-state index in [0.29, 0.717) is 56.3 Å². The van der Waals surface area contributed by atoms with Crippen molar-refractivity contribution in [1.82, 2.24) is 10.2 Å². The lowest BCUT2D eigenvalue weighted by Crippen LogP contribution is -2.41. The highest BCUT2D eigenvalue weighted by Gasteiger charge is 2.23. The molecule has 0 unspecified atom stereocenters. The zero-order valence-electron chi connectivity index (χ0n) is 20.5. The van der Waals surface area contributed by atoms with Crippen molar-refractivity contribution in [3.63, 3.8) is 0 Å². The number of aryl methyl sites for hydroxylation is 1. The fourth-order valence-corrected chi connectivity index (χ4v) is 3.85. The second kappa shape index (κ2) is 13.4. The van der Waals surface area contributed by atoms with Crippen molar-refractivity contribution in [2.75, 3.05) is 32.8 Å². The second-order valence-electron chi connectivity index (χ2n) is 8.61. The molecular formula is C27H34N2O6.